The Labute approximate surface area is 458 Å². The van der Waals surface area contributed by atoms with E-state index in [-0.39, 0.29) is 41.2 Å². The zero-order valence-electron chi connectivity index (χ0n) is 43.2. The third-order valence-electron chi connectivity index (χ3n) is 15.3. The van der Waals surface area contributed by atoms with E-state index in [1.807, 2.05) is 0 Å². The lowest BCUT2D eigenvalue weighted by molar-refractivity contribution is -0.388. The summed E-state index contributed by atoms with van der Waals surface area (Å²) >= 11 is 5.65. The molecule has 436 valence electrons. The molecule has 4 aromatic rings. The number of carbonyl (C=O) groups is 1. The minimum atomic E-state index is -4.85. The first-order chi connectivity index (χ1) is 37.6. The van der Waals surface area contributed by atoms with Gasteiger partial charge < -0.3 is 30.2 Å². The van der Waals surface area contributed by atoms with Crippen LogP contribution in [0.15, 0.2) is 84.9 Å². The lowest BCUT2D eigenvalue weighted by atomic mass is 9.89. The Morgan fingerprint density at radius 2 is 0.838 bits per heavy atom. The van der Waals surface area contributed by atoms with Gasteiger partial charge in [-0.1, -0.05) is 36.5 Å². The molecule has 4 aromatic carbocycles. The maximum atomic E-state index is 13.3. The fourth-order valence-corrected chi connectivity index (χ4v) is 11.0. The third-order valence-corrected chi connectivity index (χ3v) is 15.8. The number of benzene rings is 4. The van der Waals surface area contributed by atoms with Crippen LogP contribution in [0.4, 0.5) is 75.4 Å². The molecule has 0 aromatic heterocycles. The smallest absolute Gasteiger partial charge is 0.382 e. The van der Waals surface area contributed by atoms with Gasteiger partial charge in [-0.3, -0.25) is 25.0 Å². The van der Waals surface area contributed by atoms with Gasteiger partial charge in [-0.05, 0) is 149 Å². The molecular weight excluding hydrogens is 1100 g/mol. The van der Waals surface area contributed by atoms with E-state index in [1.54, 1.807) is 29.2 Å². The first kappa shape index (κ1) is 61.3. The Kier molecular flexibility index (Phi) is 20.0. The molecule has 4 heterocycles. The number of piperidine rings is 4. The number of hydrogen-bond acceptors (Lipinski definition) is 10. The molecule has 4 aliphatic rings. The molecule has 0 radical (unpaired) electrons. The summed E-state index contributed by atoms with van der Waals surface area (Å²) in [5, 5.41) is 28.0. The summed E-state index contributed by atoms with van der Waals surface area (Å²) in [5.74, 6) is 0.418. The van der Waals surface area contributed by atoms with Crippen molar-refractivity contribution in [2.24, 2.45) is 0 Å². The topological polar surface area (TPSA) is 140 Å². The monoisotopic (exact) mass is 1160 g/mol. The second-order valence-corrected chi connectivity index (χ2v) is 21.0. The highest BCUT2D eigenvalue weighted by Gasteiger charge is 2.40. The average molecular weight is 1160 g/mol. The summed E-state index contributed by atoms with van der Waals surface area (Å²) in [4.78, 5) is 41.8. The van der Waals surface area contributed by atoms with Crippen LogP contribution in [0.2, 0.25) is 0 Å². The molecule has 0 saturated carbocycles. The molecule has 13 nitrogen and oxygen atoms in total. The van der Waals surface area contributed by atoms with Gasteiger partial charge in [0.2, 0.25) is 5.91 Å². The Morgan fingerprint density at radius 1 is 0.487 bits per heavy atom. The van der Waals surface area contributed by atoms with Gasteiger partial charge in [0.25, 0.3) is 11.4 Å². The fraction of sp³-hybridized carbons (Fsp3) is 0.519. The molecule has 4 fully saturated rings. The summed E-state index contributed by atoms with van der Waals surface area (Å²) < 4.78 is 156. The summed E-state index contributed by atoms with van der Waals surface area (Å²) in [6.45, 7) is 6.78. The van der Waals surface area contributed by atoms with Gasteiger partial charge in [-0.2, -0.15) is 52.7 Å². The van der Waals surface area contributed by atoms with Gasteiger partial charge in [0.1, 0.15) is 11.1 Å². The highest BCUT2D eigenvalue weighted by molar-refractivity contribution is 7.80. The quantitative estimate of drug-likeness (QED) is 0.0540. The molecule has 2 N–H and O–H groups in total. The summed E-state index contributed by atoms with van der Waals surface area (Å²) in [6, 6.07) is 16.3. The lowest BCUT2D eigenvalue weighted by Crippen LogP contribution is -2.43. The van der Waals surface area contributed by atoms with E-state index in [9.17, 15) is 77.7 Å². The maximum absolute atomic E-state index is 13.3. The highest BCUT2D eigenvalue weighted by Crippen LogP contribution is 2.40. The van der Waals surface area contributed by atoms with Gasteiger partial charge in [0, 0.05) is 87.7 Å². The third kappa shape index (κ3) is 16.9. The van der Waals surface area contributed by atoms with E-state index in [2.05, 4.69) is 25.3 Å². The molecule has 0 spiro atoms. The molecule has 1 amide bonds. The minimum Gasteiger partial charge on any atom is -0.382 e. The SMILES string of the molecule is O=C(CCN1CCC(c2ccc(C(F)(F)F)cc2)CC1)N1CCC(Nc2ccc([N+](=O)[O-])c(C(F)(F)F)c2)CC1.O=[N+]([O-])c1ccc(NC2CCN(C(=S)CCN3CCC(c4ccc(C(F)(F)F)cc4)CC3)CC2)cc1C(F)(F)F. The number of nitro benzene ring substituents is 2. The van der Waals surface area contributed by atoms with Crippen LogP contribution in [-0.4, -0.2) is 118 Å². The number of halogens is 12. The number of rotatable bonds is 14. The molecule has 4 aliphatic heterocycles. The van der Waals surface area contributed by atoms with Gasteiger partial charge in [0.05, 0.1) is 26.0 Å². The second-order valence-electron chi connectivity index (χ2n) is 20.5. The number of nitrogens with one attached hydrogen (secondary N) is 2. The molecule has 0 atom stereocenters. The van der Waals surface area contributed by atoms with E-state index in [4.69, 9.17) is 12.2 Å². The maximum Gasteiger partial charge on any atom is 0.423 e. The van der Waals surface area contributed by atoms with Crippen molar-refractivity contribution in [2.75, 3.05) is 76.1 Å². The minimum absolute atomic E-state index is 0.00185. The van der Waals surface area contributed by atoms with E-state index < -0.39 is 68.2 Å². The standard InChI is InChI=1S/C27H30F6N4O3.C27H30F6N4O2S/c28-26(29,30)20-3-1-18(2-4-20)19-7-12-35(13-8-19)14-11-25(38)36-15-9-21(10-16-36)34-22-5-6-24(37(39)40)23(17-22)27(31,32)33;28-26(29,30)20-3-1-18(2-4-20)19-7-12-35(13-8-19)14-11-25(40)36-15-9-21(10-16-36)34-22-5-6-24(37(38)39)23(17-22)27(31,32)33/h2*1-6,17,19,21,34H,7-16H2. The first-order valence-corrected chi connectivity index (χ1v) is 26.6. The van der Waals surface area contributed by atoms with Crippen molar-refractivity contribution >= 4 is 45.9 Å². The zero-order chi connectivity index (χ0) is 58.2. The van der Waals surface area contributed by atoms with Crippen molar-refractivity contribution < 1.29 is 67.3 Å². The number of hydrogen-bond donors (Lipinski definition) is 2. The van der Waals surface area contributed by atoms with Crippen LogP contribution in [-0.2, 0) is 29.5 Å². The van der Waals surface area contributed by atoms with Crippen molar-refractivity contribution in [3.63, 3.8) is 0 Å². The Balaban J connectivity index is 0.000000231. The molecule has 0 aliphatic carbocycles. The Morgan fingerprint density at radius 3 is 1.18 bits per heavy atom. The molecule has 80 heavy (non-hydrogen) atoms. The molecule has 8 rings (SSSR count). The zero-order valence-corrected chi connectivity index (χ0v) is 44.0. The number of carbonyl (C=O) groups excluding carboxylic acids is 1. The van der Waals surface area contributed by atoms with Crippen molar-refractivity contribution in [3.8, 4) is 0 Å². The number of nitro groups is 2. The number of nitrogens with zero attached hydrogens (tertiary/aromatic N) is 6. The van der Waals surface area contributed by atoms with Crippen LogP contribution in [0, 0.1) is 20.2 Å². The number of thiocarbonyl (C=S) groups is 1. The number of anilines is 2. The van der Waals surface area contributed by atoms with Crippen LogP contribution in [0.1, 0.15) is 109 Å². The van der Waals surface area contributed by atoms with Crippen molar-refractivity contribution in [1.82, 2.24) is 19.6 Å². The van der Waals surface area contributed by atoms with Crippen molar-refractivity contribution in [1.29, 1.82) is 0 Å². The van der Waals surface area contributed by atoms with Gasteiger partial charge in [-0.15, -0.1) is 0 Å². The van der Waals surface area contributed by atoms with E-state index >= 15 is 0 Å². The average Bonchev–Trinajstić information content (AvgIpc) is 3.41. The molecule has 4 saturated heterocycles. The molecule has 26 heteroatoms. The predicted molar refractivity (Wildman–Crippen MR) is 279 cm³/mol. The summed E-state index contributed by atoms with van der Waals surface area (Å²) in [7, 11) is 0. The Hall–Kier alpha value is -6.28. The Bertz CT molecular complexity index is 2560. The largest absolute Gasteiger partial charge is 0.423 e. The summed E-state index contributed by atoms with van der Waals surface area (Å²) in [6.07, 6.45) is -11.6. The van der Waals surface area contributed by atoms with Gasteiger partial charge in [0.15, 0.2) is 0 Å². The van der Waals surface area contributed by atoms with E-state index in [0.717, 1.165) is 123 Å². The van der Waals surface area contributed by atoms with Gasteiger partial charge in [-0.25, -0.2) is 0 Å². The highest BCUT2D eigenvalue weighted by atomic mass is 32.1. The van der Waals surface area contributed by atoms with Gasteiger partial charge >= 0.3 is 24.7 Å². The van der Waals surface area contributed by atoms with Crippen LogP contribution >= 0.6 is 12.2 Å². The van der Waals surface area contributed by atoms with Crippen LogP contribution in [0.5, 0.6) is 0 Å². The lowest BCUT2D eigenvalue weighted by Gasteiger charge is -2.36. The van der Waals surface area contributed by atoms with Crippen LogP contribution in [0.25, 0.3) is 0 Å². The van der Waals surface area contributed by atoms with Crippen molar-refractivity contribution in [2.45, 2.75) is 113 Å². The molecule has 0 bridgehead atoms. The molecule has 0 unspecified atom stereocenters. The van der Waals surface area contributed by atoms with Crippen LogP contribution in [0.3, 0.4) is 0 Å². The normalized spacial score (nSPS) is 18.1. The fourth-order valence-electron chi connectivity index (χ4n) is 10.7. The number of alkyl halides is 12. The first-order valence-electron chi connectivity index (χ1n) is 26.2. The molecular formula is C54H60F12N8O5S. The van der Waals surface area contributed by atoms with Crippen LogP contribution < -0.4 is 10.6 Å². The number of amides is 1. The second kappa shape index (κ2) is 26.1. The predicted octanol–water partition coefficient (Wildman–Crippen LogP) is 13.4. The van der Waals surface area contributed by atoms with E-state index in [1.165, 1.54) is 12.1 Å². The number of likely N-dealkylation sites (tertiary alicyclic amines) is 4. The summed E-state index contributed by atoms with van der Waals surface area (Å²) in [5.41, 5.74) is -3.68. The van der Waals surface area contributed by atoms with Crippen molar-refractivity contribution in [3.05, 3.63) is 139 Å². The van der Waals surface area contributed by atoms with E-state index in [0.29, 0.717) is 71.2 Å².